The van der Waals surface area contributed by atoms with E-state index in [0.29, 0.717) is 24.8 Å². The lowest BCUT2D eigenvalue weighted by atomic mass is 10.2. The molecule has 0 aromatic rings. The van der Waals surface area contributed by atoms with Gasteiger partial charge >= 0.3 is 12.0 Å². The van der Waals surface area contributed by atoms with Gasteiger partial charge in [0.15, 0.2) is 0 Å². The van der Waals surface area contributed by atoms with Gasteiger partial charge in [0.25, 0.3) is 0 Å². The van der Waals surface area contributed by atoms with E-state index in [1.54, 1.807) is 4.90 Å². The van der Waals surface area contributed by atoms with Crippen LogP contribution < -0.4 is 5.32 Å². The predicted octanol–water partition coefficient (Wildman–Crippen LogP) is 1.74. The van der Waals surface area contributed by atoms with Crippen LogP contribution in [0.25, 0.3) is 0 Å². The number of aliphatic carboxylic acids is 1. The largest absolute Gasteiger partial charge is 0.481 e. The second-order valence-electron chi connectivity index (χ2n) is 5.78. The van der Waals surface area contributed by atoms with E-state index in [1.807, 2.05) is 0 Å². The van der Waals surface area contributed by atoms with Crippen LogP contribution in [-0.4, -0.2) is 40.5 Å². The molecule has 112 valence electrons. The topological polar surface area (TPSA) is 86.7 Å². The third-order valence-electron chi connectivity index (χ3n) is 3.69. The SMILES string of the molecule is O=C(O)CCCCC(=O)NC(=O)N(CC1CC1)C1CC1. The summed E-state index contributed by atoms with van der Waals surface area (Å²) in [5.41, 5.74) is 0. The van der Waals surface area contributed by atoms with Crippen LogP contribution in [0.2, 0.25) is 0 Å². The molecule has 2 saturated carbocycles. The second-order valence-corrected chi connectivity index (χ2v) is 5.78. The van der Waals surface area contributed by atoms with Crippen molar-refractivity contribution in [1.82, 2.24) is 10.2 Å². The predicted molar refractivity (Wildman–Crippen MR) is 72.1 cm³/mol. The number of carboxylic acid groups (broad SMARTS) is 1. The maximum atomic E-state index is 12.0. The molecule has 0 heterocycles. The highest BCUT2D eigenvalue weighted by Gasteiger charge is 2.36. The molecule has 0 atom stereocenters. The minimum atomic E-state index is -0.856. The highest BCUT2D eigenvalue weighted by molar-refractivity contribution is 5.94. The molecule has 0 radical (unpaired) electrons. The zero-order chi connectivity index (χ0) is 14.5. The fourth-order valence-electron chi connectivity index (χ4n) is 2.18. The van der Waals surface area contributed by atoms with E-state index in [2.05, 4.69) is 5.32 Å². The average molecular weight is 282 g/mol. The Balaban J connectivity index is 1.66. The number of carboxylic acids is 1. The number of unbranched alkanes of at least 4 members (excludes halogenated alkanes) is 1. The average Bonchev–Trinajstić information content (AvgIpc) is 3.25. The maximum Gasteiger partial charge on any atom is 0.324 e. The first-order chi connectivity index (χ1) is 9.56. The fourth-order valence-corrected chi connectivity index (χ4v) is 2.18. The Kier molecular flexibility index (Phi) is 4.98. The Morgan fingerprint density at radius 2 is 1.70 bits per heavy atom. The molecule has 6 nitrogen and oxygen atoms in total. The van der Waals surface area contributed by atoms with Gasteiger partial charge in [-0.15, -0.1) is 0 Å². The van der Waals surface area contributed by atoms with Gasteiger partial charge in [0, 0.05) is 25.4 Å². The van der Waals surface area contributed by atoms with Crippen molar-refractivity contribution < 1.29 is 19.5 Å². The van der Waals surface area contributed by atoms with E-state index < -0.39 is 5.97 Å². The lowest BCUT2D eigenvalue weighted by molar-refractivity contribution is -0.137. The van der Waals surface area contributed by atoms with Crippen LogP contribution in [0.5, 0.6) is 0 Å². The van der Waals surface area contributed by atoms with E-state index in [1.165, 1.54) is 12.8 Å². The lowest BCUT2D eigenvalue weighted by Crippen LogP contribution is -2.44. The molecule has 2 rings (SSSR count). The Morgan fingerprint density at radius 1 is 1.05 bits per heavy atom. The molecule has 20 heavy (non-hydrogen) atoms. The highest BCUT2D eigenvalue weighted by Crippen LogP contribution is 2.34. The molecule has 2 aliphatic carbocycles. The number of nitrogens with one attached hydrogen (secondary N) is 1. The van der Waals surface area contributed by atoms with Gasteiger partial charge in [0.2, 0.25) is 5.91 Å². The van der Waals surface area contributed by atoms with Gasteiger partial charge in [-0.2, -0.15) is 0 Å². The number of urea groups is 1. The maximum absolute atomic E-state index is 12.0. The van der Waals surface area contributed by atoms with Gasteiger partial charge in [-0.25, -0.2) is 4.79 Å². The standard InChI is InChI=1S/C14H22N2O4/c17-12(3-1-2-4-13(18)19)15-14(20)16(11-7-8-11)9-10-5-6-10/h10-11H,1-9H2,(H,18,19)(H,15,17,20). The number of hydrogen-bond acceptors (Lipinski definition) is 3. The summed E-state index contributed by atoms with van der Waals surface area (Å²) in [5.74, 6) is -0.542. The summed E-state index contributed by atoms with van der Waals surface area (Å²) in [4.78, 5) is 35.8. The van der Waals surface area contributed by atoms with Crippen LogP contribution in [0.3, 0.4) is 0 Å². The van der Waals surface area contributed by atoms with Gasteiger partial charge in [-0.3, -0.25) is 14.9 Å². The van der Waals surface area contributed by atoms with Crippen LogP contribution in [0, 0.1) is 5.92 Å². The van der Waals surface area contributed by atoms with Crippen LogP contribution in [0.15, 0.2) is 0 Å². The number of carbonyl (C=O) groups is 3. The third-order valence-corrected chi connectivity index (χ3v) is 3.69. The van der Waals surface area contributed by atoms with Crippen molar-refractivity contribution in [3.63, 3.8) is 0 Å². The molecule has 0 spiro atoms. The number of nitrogens with zero attached hydrogens (tertiary/aromatic N) is 1. The van der Waals surface area contributed by atoms with Crippen LogP contribution in [0.1, 0.15) is 51.4 Å². The minimum Gasteiger partial charge on any atom is -0.481 e. The van der Waals surface area contributed by atoms with E-state index in [-0.39, 0.29) is 24.8 Å². The molecule has 0 aromatic carbocycles. The monoisotopic (exact) mass is 282 g/mol. The van der Waals surface area contributed by atoms with Gasteiger partial charge in [0.1, 0.15) is 0 Å². The Hall–Kier alpha value is -1.59. The van der Waals surface area contributed by atoms with Crippen molar-refractivity contribution in [1.29, 1.82) is 0 Å². The molecule has 0 aliphatic heterocycles. The number of rotatable bonds is 8. The van der Waals surface area contributed by atoms with E-state index >= 15 is 0 Å². The molecule has 0 saturated heterocycles. The molecular formula is C14H22N2O4. The first kappa shape index (κ1) is 14.8. The second kappa shape index (κ2) is 6.72. The van der Waals surface area contributed by atoms with Gasteiger partial charge in [-0.05, 0) is 44.4 Å². The number of imide groups is 1. The molecule has 2 fully saturated rings. The Labute approximate surface area is 118 Å². The van der Waals surface area contributed by atoms with Gasteiger partial charge in [-0.1, -0.05) is 0 Å². The minimum absolute atomic E-state index is 0.0666. The summed E-state index contributed by atoms with van der Waals surface area (Å²) in [7, 11) is 0. The molecule has 2 N–H and O–H groups in total. The first-order valence-electron chi connectivity index (χ1n) is 7.38. The quantitative estimate of drug-likeness (QED) is 0.664. The van der Waals surface area contributed by atoms with E-state index in [9.17, 15) is 14.4 Å². The third kappa shape index (κ3) is 5.19. The zero-order valence-corrected chi connectivity index (χ0v) is 11.6. The number of hydrogen-bond donors (Lipinski definition) is 2. The summed E-state index contributed by atoms with van der Waals surface area (Å²) in [6.45, 7) is 0.767. The van der Waals surface area contributed by atoms with Crippen LogP contribution in [-0.2, 0) is 9.59 Å². The summed E-state index contributed by atoms with van der Waals surface area (Å²) in [6, 6.07) is 0.0399. The van der Waals surface area contributed by atoms with Crippen molar-refractivity contribution in [2.24, 2.45) is 5.92 Å². The Morgan fingerprint density at radius 3 is 2.25 bits per heavy atom. The molecular weight excluding hydrogens is 260 g/mol. The molecule has 0 bridgehead atoms. The first-order valence-corrected chi connectivity index (χ1v) is 7.38. The van der Waals surface area contributed by atoms with Crippen LogP contribution in [0.4, 0.5) is 4.79 Å². The normalized spacial score (nSPS) is 17.6. The number of amides is 3. The summed E-state index contributed by atoms with van der Waals surface area (Å²) >= 11 is 0. The molecule has 0 unspecified atom stereocenters. The molecule has 3 amide bonds. The van der Waals surface area contributed by atoms with Crippen molar-refractivity contribution in [3.8, 4) is 0 Å². The molecule has 0 aromatic heterocycles. The summed E-state index contributed by atoms with van der Waals surface area (Å²) in [6.07, 6.45) is 5.67. The van der Waals surface area contributed by atoms with E-state index in [4.69, 9.17) is 5.11 Å². The lowest BCUT2D eigenvalue weighted by Gasteiger charge is -2.22. The van der Waals surface area contributed by atoms with Crippen molar-refractivity contribution in [3.05, 3.63) is 0 Å². The van der Waals surface area contributed by atoms with Crippen molar-refractivity contribution in [2.75, 3.05) is 6.54 Å². The van der Waals surface area contributed by atoms with Crippen LogP contribution >= 0.6 is 0 Å². The molecule has 2 aliphatic rings. The zero-order valence-electron chi connectivity index (χ0n) is 11.6. The molecule has 6 heteroatoms. The Bertz CT molecular complexity index is 389. The number of carbonyl (C=O) groups excluding carboxylic acids is 2. The van der Waals surface area contributed by atoms with Gasteiger partial charge < -0.3 is 10.0 Å². The highest BCUT2D eigenvalue weighted by atomic mass is 16.4. The fraction of sp³-hybridized carbons (Fsp3) is 0.786. The van der Waals surface area contributed by atoms with Crippen molar-refractivity contribution in [2.45, 2.75) is 57.4 Å². The smallest absolute Gasteiger partial charge is 0.324 e. The van der Waals surface area contributed by atoms with E-state index in [0.717, 1.165) is 19.4 Å². The summed E-state index contributed by atoms with van der Waals surface area (Å²) in [5, 5.41) is 10.9. The van der Waals surface area contributed by atoms with Gasteiger partial charge in [0.05, 0.1) is 0 Å². The van der Waals surface area contributed by atoms with Crippen molar-refractivity contribution >= 4 is 17.9 Å². The summed E-state index contributed by atoms with van der Waals surface area (Å²) < 4.78 is 0.